The molecule has 28 heavy (non-hydrogen) atoms. The molecule has 4 rings (SSSR count). The Kier molecular flexibility index (Phi) is 5.12. The second-order valence-corrected chi connectivity index (χ2v) is 6.62. The molecule has 0 amide bonds. The van der Waals surface area contributed by atoms with Crippen molar-refractivity contribution in [1.29, 1.82) is 0 Å². The Labute approximate surface area is 161 Å². The number of halogens is 1. The lowest BCUT2D eigenvalue weighted by molar-refractivity contribution is 0.189. The van der Waals surface area contributed by atoms with Crippen LogP contribution in [0.3, 0.4) is 0 Å². The van der Waals surface area contributed by atoms with Crippen LogP contribution < -0.4 is 15.4 Å². The summed E-state index contributed by atoms with van der Waals surface area (Å²) in [4.78, 5) is 16.6. The van der Waals surface area contributed by atoms with Crippen molar-refractivity contribution in [3.8, 4) is 17.2 Å². The van der Waals surface area contributed by atoms with Crippen LogP contribution >= 0.6 is 0 Å². The van der Waals surface area contributed by atoms with Gasteiger partial charge in [0.1, 0.15) is 18.2 Å². The van der Waals surface area contributed by atoms with Crippen molar-refractivity contribution in [3.05, 3.63) is 64.9 Å². The molecule has 1 aliphatic heterocycles. The van der Waals surface area contributed by atoms with Crippen molar-refractivity contribution in [2.75, 3.05) is 38.2 Å². The van der Waals surface area contributed by atoms with Gasteiger partial charge >= 0.3 is 5.76 Å². The van der Waals surface area contributed by atoms with E-state index in [0.29, 0.717) is 12.2 Å². The number of benzene rings is 2. The van der Waals surface area contributed by atoms with Gasteiger partial charge in [-0.15, -0.1) is 5.10 Å². The molecule has 8 heteroatoms. The lowest BCUT2D eigenvalue weighted by Crippen LogP contribution is -2.47. The Bertz CT molecular complexity index is 974. The number of ether oxygens (including phenoxy) is 1. The number of nitrogens with zero attached hydrogens (tertiary/aromatic N) is 4. The van der Waals surface area contributed by atoms with Crippen LogP contribution in [0.2, 0.25) is 0 Å². The molecule has 2 aromatic carbocycles. The number of hydrogen-bond donors (Lipinski definition) is 0. The quantitative estimate of drug-likeness (QED) is 0.673. The molecule has 146 valence electrons. The van der Waals surface area contributed by atoms with E-state index in [1.54, 1.807) is 19.2 Å². The van der Waals surface area contributed by atoms with Crippen molar-refractivity contribution < 1.29 is 13.5 Å². The maximum atomic E-state index is 13.1. The van der Waals surface area contributed by atoms with Crippen molar-refractivity contribution >= 4 is 5.69 Å². The van der Waals surface area contributed by atoms with Gasteiger partial charge in [0.05, 0.1) is 7.11 Å². The summed E-state index contributed by atoms with van der Waals surface area (Å²) in [6.45, 7) is 3.67. The summed E-state index contributed by atoms with van der Waals surface area (Å²) in [5.74, 6) is 0.170. The predicted octanol–water partition coefficient (Wildman–Crippen LogP) is 2.43. The molecule has 0 aliphatic carbocycles. The Morgan fingerprint density at radius 3 is 2.36 bits per heavy atom. The minimum absolute atomic E-state index is 0.196. The second-order valence-electron chi connectivity index (χ2n) is 6.62. The summed E-state index contributed by atoms with van der Waals surface area (Å²) >= 11 is 0. The summed E-state index contributed by atoms with van der Waals surface area (Å²) in [7, 11) is 1.65. The first-order valence-corrected chi connectivity index (χ1v) is 9.07. The van der Waals surface area contributed by atoms with Gasteiger partial charge in [-0.2, -0.15) is 4.68 Å². The van der Waals surface area contributed by atoms with Crippen LogP contribution in [-0.2, 0) is 6.67 Å². The van der Waals surface area contributed by atoms with Crippen molar-refractivity contribution in [1.82, 2.24) is 14.7 Å². The molecule has 0 atom stereocenters. The van der Waals surface area contributed by atoms with Gasteiger partial charge in [-0.05, 0) is 48.5 Å². The number of piperazine rings is 1. The third-order valence-electron chi connectivity index (χ3n) is 4.84. The summed E-state index contributed by atoms with van der Waals surface area (Å²) in [5, 5.41) is 4.25. The lowest BCUT2D eigenvalue weighted by Gasteiger charge is -2.35. The molecule has 7 nitrogen and oxygen atoms in total. The molecule has 0 bridgehead atoms. The van der Waals surface area contributed by atoms with Gasteiger partial charge in [0.2, 0.25) is 5.89 Å². The normalized spacial score (nSPS) is 15.0. The Balaban J connectivity index is 1.38. The highest BCUT2D eigenvalue weighted by Gasteiger charge is 2.19. The average molecular weight is 384 g/mol. The molecule has 0 N–H and O–H groups in total. The number of aromatic nitrogens is 2. The molecule has 0 unspecified atom stereocenters. The predicted molar refractivity (Wildman–Crippen MR) is 103 cm³/mol. The van der Waals surface area contributed by atoms with E-state index in [1.165, 1.54) is 16.8 Å². The van der Waals surface area contributed by atoms with Gasteiger partial charge in [-0.25, -0.2) is 9.18 Å². The molecular formula is C20H21FN4O3. The first-order valence-electron chi connectivity index (χ1n) is 9.07. The van der Waals surface area contributed by atoms with Crippen LogP contribution in [0.1, 0.15) is 0 Å². The fraction of sp³-hybridized carbons (Fsp3) is 0.300. The lowest BCUT2D eigenvalue weighted by atomic mass is 10.2. The highest BCUT2D eigenvalue weighted by Crippen LogP contribution is 2.21. The summed E-state index contributed by atoms with van der Waals surface area (Å²) in [6, 6.07) is 13.7. The van der Waals surface area contributed by atoms with Crippen molar-refractivity contribution in [2.24, 2.45) is 0 Å². The van der Waals surface area contributed by atoms with Gasteiger partial charge < -0.3 is 14.1 Å². The van der Waals surface area contributed by atoms with E-state index in [-0.39, 0.29) is 11.7 Å². The number of rotatable bonds is 5. The highest BCUT2D eigenvalue weighted by molar-refractivity contribution is 5.52. The molecule has 0 saturated carbocycles. The highest BCUT2D eigenvalue weighted by atomic mass is 19.1. The zero-order valence-corrected chi connectivity index (χ0v) is 15.5. The first-order chi connectivity index (χ1) is 13.6. The van der Waals surface area contributed by atoms with Crippen LogP contribution in [-0.4, -0.2) is 48.0 Å². The standard InChI is InChI=1S/C20H21FN4O3/c1-27-18-8-6-17(7-9-18)24-12-10-23(11-13-24)14-25-20(26)28-19(22-25)15-2-4-16(21)5-3-15/h2-9H,10-14H2,1H3. The topological polar surface area (TPSA) is 63.7 Å². The minimum Gasteiger partial charge on any atom is -0.497 e. The van der Waals surface area contributed by atoms with E-state index in [9.17, 15) is 9.18 Å². The van der Waals surface area contributed by atoms with Crippen molar-refractivity contribution in [2.45, 2.75) is 6.67 Å². The summed E-state index contributed by atoms with van der Waals surface area (Å²) in [5.41, 5.74) is 1.72. The second kappa shape index (κ2) is 7.85. The van der Waals surface area contributed by atoms with E-state index in [0.717, 1.165) is 37.6 Å². The molecule has 0 radical (unpaired) electrons. The zero-order valence-electron chi connectivity index (χ0n) is 15.5. The fourth-order valence-electron chi connectivity index (χ4n) is 3.23. The monoisotopic (exact) mass is 384 g/mol. The van der Waals surface area contributed by atoms with E-state index < -0.39 is 5.76 Å². The maximum absolute atomic E-state index is 13.1. The van der Waals surface area contributed by atoms with Crippen LogP contribution in [0, 0.1) is 5.82 Å². The Hall–Kier alpha value is -3.13. The smallest absolute Gasteiger partial charge is 0.438 e. The molecular weight excluding hydrogens is 363 g/mol. The van der Waals surface area contributed by atoms with Gasteiger partial charge in [0.25, 0.3) is 0 Å². The molecule has 1 aromatic heterocycles. The zero-order chi connectivity index (χ0) is 19.5. The number of anilines is 1. The molecule has 1 aliphatic rings. The van der Waals surface area contributed by atoms with Gasteiger partial charge in [-0.1, -0.05) is 0 Å². The Morgan fingerprint density at radius 1 is 1.04 bits per heavy atom. The third-order valence-corrected chi connectivity index (χ3v) is 4.84. The molecule has 1 saturated heterocycles. The fourth-order valence-corrected chi connectivity index (χ4v) is 3.23. The summed E-state index contributed by atoms with van der Waals surface area (Å²) in [6.07, 6.45) is 0. The van der Waals surface area contributed by atoms with Gasteiger partial charge in [0, 0.05) is 37.4 Å². The van der Waals surface area contributed by atoms with E-state index in [4.69, 9.17) is 9.15 Å². The third kappa shape index (κ3) is 3.91. The van der Waals surface area contributed by atoms with Crippen LogP contribution in [0.15, 0.2) is 57.7 Å². The van der Waals surface area contributed by atoms with E-state index in [1.807, 2.05) is 24.3 Å². The van der Waals surface area contributed by atoms with Crippen LogP contribution in [0.4, 0.5) is 10.1 Å². The number of methoxy groups -OCH3 is 1. The van der Waals surface area contributed by atoms with Gasteiger partial charge in [-0.3, -0.25) is 4.90 Å². The van der Waals surface area contributed by atoms with E-state index >= 15 is 0 Å². The van der Waals surface area contributed by atoms with Crippen LogP contribution in [0.5, 0.6) is 5.75 Å². The number of hydrogen-bond acceptors (Lipinski definition) is 6. The average Bonchev–Trinajstić information content (AvgIpc) is 3.09. The molecule has 3 aromatic rings. The molecule has 2 heterocycles. The van der Waals surface area contributed by atoms with Crippen LogP contribution in [0.25, 0.3) is 11.5 Å². The first kappa shape index (κ1) is 18.2. The SMILES string of the molecule is COc1ccc(N2CCN(Cn3nc(-c4ccc(F)cc4)oc3=O)CC2)cc1. The minimum atomic E-state index is -0.517. The Morgan fingerprint density at radius 2 is 1.71 bits per heavy atom. The molecule has 0 spiro atoms. The maximum Gasteiger partial charge on any atom is 0.438 e. The summed E-state index contributed by atoms with van der Waals surface area (Å²) < 4.78 is 24.8. The largest absolute Gasteiger partial charge is 0.497 e. The van der Waals surface area contributed by atoms with E-state index in [2.05, 4.69) is 14.9 Å². The van der Waals surface area contributed by atoms with Crippen molar-refractivity contribution in [3.63, 3.8) is 0 Å². The molecule has 1 fully saturated rings. The van der Waals surface area contributed by atoms with Gasteiger partial charge in [0.15, 0.2) is 0 Å².